The molecule has 2 aromatic rings. The Labute approximate surface area is 154 Å². The number of rotatable bonds is 6. The molecule has 138 valence electrons. The Hall–Kier alpha value is -2.53. The fraction of sp³-hybridized carbons (Fsp3) is 0.381. The first-order valence-electron chi connectivity index (χ1n) is 9.13. The van der Waals surface area contributed by atoms with Gasteiger partial charge >= 0.3 is 6.03 Å². The van der Waals surface area contributed by atoms with Gasteiger partial charge in [-0.15, -0.1) is 0 Å². The maximum atomic E-state index is 12.4. The number of nitrogens with one attached hydrogen (secondary N) is 1. The largest absolute Gasteiger partial charge is 0.491 e. The minimum absolute atomic E-state index is 0.0403. The fourth-order valence-electron chi connectivity index (χ4n) is 3.04. The molecule has 0 unspecified atom stereocenters. The third kappa shape index (κ3) is 5.49. The molecule has 1 saturated heterocycles. The third-order valence-electron chi connectivity index (χ3n) is 4.45. The van der Waals surface area contributed by atoms with Crippen molar-refractivity contribution in [3.63, 3.8) is 0 Å². The highest BCUT2D eigenvalue weighted by atomic mass is 16.5. The second-order valence-corrected chi connectivity index (χ2v) is 6.52. The van der Waals surface area contributed by atoms with Crippen molar-refractivity contribution in [1.29, 1.82) is 0 Å². The van der Waals surface area contributed by atoms with Crippen LogP contribution in [-0.4, -0.2) is 43.3 Å². The van der Waals surface area contributed by atoms with E-state index in [4.69, 9.17) is 9.47 Å². The molecule has 0 bridgehead atoms. The molecule has 0 radical (unpaired) electrons. The van der Waals surface area contributed by atoms with Gasteiger partial charge in [0.1, 0.15) is 12.4 Å². The number of piperidine rings is 1. The van der Waals surface area contributed by atoms with Crippen LogP contribution < -0.4 is 10.1 Å². The lowest BCUT2D eigenvalue weighted by molar-refractivity contribution is 0.00272. The summed E-state index contributed by atoms with van der Waals surface area (Å²) in [5, 5.41) is 2.96. The maximum absolute atomic E-state index is 12.4. The Kier molecular flexibility index (Phi) is 6.50. The van der Waals surface area contributed by atoms with Gasteiger partial charge in [-0.05, 0) is 49.6 Å². The molecule has 0 spiro atoms. The molecule has 5 nitrogen and oxygen atoms in total. The van der Waals surface area contributed by atoms with Crippen LogP contribution in [0.1, 0.15) is 18.4 Å². The average molecular weight is 354 g/mol. The average Bonchev–Trinajstić information content (AvgIpc) is 2.66. The van der Waals surface area contributed by atoms with Crippen LogP contribution in [-0.2, 0) is 4.74 Å². The van der Waals surface area contributed by atoms with Crippen molar-refractivity contribution >= 4 is 11.7 Å². The van der Waals surface area contributed by atoms with Gasteiger partial charge in [0.25, 0.3) is 0 Å². The smallest absolute Gasteiger partial charge is 0.321 e. The SMILES string of the molecule is Cc1cccc(NC(=O)N2CCC(OCCOc3ccccc3)CC2)c1. The first kappa shape index (κ1) is 18.3. The molecule has 1 aliphatic rings. The molecule has 0 aliphatic carbocycles. The number of aryl methyl sites for hydroxylation is 1. The van der Waals surface area contributed by atoms with Gasteiger partial charge in [-0.2, -0.15) is 0 Å². The number of hydrogen-bond donors (Lipinski definition) is 1. The number of urea groups is 1. The van der Waals surface area contributed by atoms with Crippen LogP contribution in [0.5, 0.6) is 5.75 Å². The number of carbonyl (C=O) groups is 1. The lowest BCUT2D eigenvalue weighted by atomic mass is 10.1. The molecule has 3 rings (SSSR count). The second-order valence-electron chi connectivity index (χ2n) is 6.52. The van der Waals surface area contributed by atoms with Crippen LogP contribution in [0, 0.1) is 6.92 Å². The van der Waals surface area contributed by atoms with Gasteiger partial charge in [-0.1, -0.05) is 30.3 Å². The minimum Gasteiger partial charge on any atom is -0.491 e. The van der Waals surface area contributed by atoms with E-state index in [1.54, 1.807) is 0 Å². The number of ether oxygens (including phenoxy) is 2. The molecule has 2 aromatic carbocycles. The number of likely N-dealkylation sites (tertiary alicyclic amines) is 1. The van der Waals surface area contributed by atoms with Crippen molar-refractivity contribution < 1.29 is 14.3 Å². The van der Waals surface area contributed by atoms with Gasteiger partial charge in [0.2, 0.25) is 0 Å². The highest BCUT2D eigenvalue weighted by Crippen LogP contribution is 2.16. The van der Waals surface area contributed by atoms with Crippen LogP contribution >= 0.6 is 0 Å². The molecular formula is C21H26N2O3. The van der Waals surface area contributed by atoms with Crippen molar-refractivity contribution in [1.82, 2.24) is 4.90 Å². The molecule has 0 atom stereocenters. The molecule has 2 amide bonds. The standard InChI is InChI=1S/C21H26N2O3/c1-17-6-5-7-18(16-17)22-21(24)23-12-10-20(11-13-23)26-15-14-25-19-8-3-2-4-9-19/h2-9,16,20H,10-15H2,1H3,(H,22,24). The van der Waals surface area contributed by atoms with Gasteiger partial charge in [-0.25, -0.2) is 4.79 Å². The molecule has 5 heteroatoms. The van der Waals surface area contributed by atoms with E-state index in [1.165, 1.54) is 0 Å². The van der Waals surface area contributed by atoms with Gasteiger partial charge in [0, 0.05) is 18.8 Å². The van der Waals surface area contributed by atoms with Crippen molar-refractivity contribution in [2.45, 2.75) is 25.9 Å². The highest BCUT2D eigenvalue weighted by molar-refractivity contribution is 5.89. The zero-order chi connectivity index (χ0) is 18.2. The van der Waals surface area contributed by atoms with Crippen molar-refractivity contribution in [2.24, 2.45) is 0 Å². The fourth-order valence-corrected chi connectivity index (χ4v) is 3.04. The zero-order valence-corrected chi connectivity index (χ0v) is 15.2. The summed E-state index contributed by atoms with van der Waals surface area (Å²) < 4.78 is 11.5. The first-order chi connectivity index (χ1) is 12.7. The lowest BCUT2D eigenvalue weighted by Crippen LogP contribution is -2.43. The topological polar surface area (TPSA) is 50.8 Å². The van der Waals surface area contributed by atoms with Crippen LogP contribution in [0.15, 0.2) is 54.6 Å². The van der Waals surface area contributed by atoms with E-state index in [-0.39, 0.29) is 12.1 Å². The molecule has 0 aromatic heterocycles. The normalized spacial score (nSPS) is 14.9. The summed E-state index contributed by atoms with van der Waals surface area (Å²) in [6.45, 7) is 4.54. The summed E-state index contributed by atoms with van der Waals surface area (Å²) in [4.78, 5) is 14.2. The minimum atomic E-state index is -0.0403. The Morgan fingerprint density at radius 1 is 1.08 bits per heavy atom. The van der Waals surface area contributed by atoms with Crippen LogP contribution in [0.4, 0.5) is 10.5 Å². The number of hydrogen-bond acceptors (Lipinski definition) is 3. The van der Waals surface area contributed by atoms with Crippen molar-refractivity contribution in [2.75, 3.05) is 31.6 Å². The molecule has 1 fully saturated rings. The van der Waals surface area contributed by atoms with Gasteiger partial charge in [0.15, 0.2) is 0 Å². The van der Waals surface area contributed by atoms with E-state index < -0.39 is 0 Å². The highest BCUT2D eigenvalue weighted by Gasteiger charge is 2.23. The van der Waals surface area contributed by atoms with Gasteiger partial charge in [0.05, 0.1) is 12.7 Å². The summed E-state index contributed by atoms with van der Waals surface area (Å²) >= 11 is 0. The number of nitrogens with zero attached hydrogens (tertiary/aromatic N) is 1. The van der Waals surface area contributed by atoms with Crippen LogP contribution in [0.25, 0.3) is 0 Å². The Bertz CT molecular complexity index is 697. The van der Waals surface area contributed by atoms with E-state index in [2.05, 4.69) is 5.32 Å². The van der Waals surface area contributed by atoms with E-state index in [9.17, 15) is 4.79 Å². The van der Waals surface area contributed by atoms with Crippen molar-refractivity contribution in [3.8, 4) is 5.75 Å². The number of benzene rings is 2. The Morgan fingerprint density at radius 2 is 1.85 bits per heavy atom. The Morgan fingerprint density at radius 3 is 2.58 bits per heavy atom. The molecular weight excluding hydrogens is 328 g/mol. The first-order valence-corrected chi connectivity index (χ1v) is 9.13. The van der Waals surface area contributed by atoms with E-state index in [0.717, 1.165) is 29.8 Å². The summed E-state index contributed by atoms with van der Waals surface area (Å²) in [6, 6.07) is 17.5. The summed E-state index contributed by atoms with van der Waals surface area (Å²) in [6.07, 6.45) is 1.90. The number of anilines is 1. The monoisotopic (exact) mass is 354 g/mol. The molecule has 1 heterocycles. The van der Waals surface area contributed by atoms with Gasteiger partial charge < -0.3 is 19.7 Å². The molecule has 26 heavy (non-hydrogen) atoms. The quantitative estimate of drug-likeness (QED) is 0.795. The maximum Gasteiger partial charge on any atom is 0.321 e. The molecule has 0 saturated carbocycles. The predicted molar refractivity (Wildman–Crippen MR) is 103 cm³/mol. The van der Waals surface area contributed by atoms with E-state index in [0.29, 0.717) is 26.3 Å². The number of para-hydroxylation sites is 1. The second kappa shape index (κ2) is 9.25. The zero-order valence-electron chi connectivity index (χ0n) is 15.2. The Balaban J connectivity index is 1.34. The summed E-state index contributed by atoms with van der Waals surface area (Å²) in [7, 11) is 0. The third-order valence-corrected chi connectivity index (χ3v) is 4.45. The van der Waals surface area contributed by atoms with Crippen LogP contribution in [0.3, 0.4) is 0 Å². The number of carbonyl (C=O) groups excluding carboxylic acids is 1. The predicted octanol–water partition coefficient (Wildman–Crippen LogP) is 4.09. The van der Waals surface area contributed by atoms with Crippen LogP contribution in [0.2, 0.25) is 0 Å². The molecule has 1 N–H and O–H groups in total. The lowest BCUT2D eigenvalue weighted by Gasteiger charge is -2.32. The molecule has 1 aliphatic heterocycles. The van der Waals surface area contributed by atoms with E-state index in [1.807, 2.05) is 66.4 Å². The van der Waals surface area contributed by atoms with E-state index >= 15 is 0 Å². The van der Waals surface area contributed by atoms with Gasteiger partial charge in [-0.3, -0.25) is 0 Å². The van der Waals surface area contributed by atoms with Crippen molar-refractivity contribution in [3.05, 3.63) is 60.2 Å². The summed E-state index contributed by atoms with van der Waals surface area (Å²) in [5.74, 6) is 0.860. The number of amides is 2. The summed E-state index contributed by atoms with van der Waals surface area (Å²) in [5.41, 5.74) is 1.97.